The molecule has 0 saturated heterocycles. The largest absolute Gasteiger partial charge is 0.481 e. The molecule has 4 nitrogen and oxygen atoms in total. The van der Waals surface area contributed by atoms with E-state index in [4.69, 9.17) is 5.11 Å². The van der Waals surface area contributed by atoms with Gasteiger partial charge in [0, 0.05) is 6.42 Å². The Bertz CT molecular complexity index is 553. The third-order valence-electron chi connectivity index (χ3n) is 4.36. The number of carbonyl (C=O) groups is 2. The maximum absolute atomic E-state index is 13.2. The summed E-state index contributed by atoms with van der Waals surface area (Å²) in [4.78, 5) is 23.3. The second-order valence-electron chi connectivity index (χ2n) is 6.27. The Morgan fingerprint density at radius 2 is 2.05 bits per heavy atom. The van der Waals surface area contributed by atoms with Gasteiger partial charge >= 0.3 is 5.97 Å². The Labute approximate surface area is 129 Å². The predicted octanol–water partition coefficient (Wildman–Crippen LogP) is 3.22. The van der Waals surface area contributed by atoms with Crippen LogP contribution in [0.3, 0.4) is 0 Å². The van der Waals surface area contributed by atoms with Crippen molar-refractivity contribution in [1.82, 2.24) is 5.32 Å². The summed E-state index contributed by atoms with van der Waals surface area (Å²) < 4.78 is 13.2. The fourth-order valence-electron chi connectivity index (χ4n) is 3.24. The van der Waals surface area contributed by atoms with Crippen LogP contribution in [0.1, 0.15) is 56.9 Å². The van der Waals surface area contributed by atoms with Crippen molar-refractivity contribution >= 4 is 11.9 Å². The zero-order valence-electron chi connectivity index (χ0n) is 12.8. The van der Waals surface area contributed by atoms with E-state index in [-0.39, 0.29) is 30.5 Å². The van der Waals surface area contributed by atoms with Gasteiger partial charge in [-0.05, 0) is 36.5 Å². The predicted molar refractivity (Wildman–Crippen MR) is 81.0 cm³/mol. The molecular weight excluding hydrogens is 285 g/mol. The van der Waals surface area contributed by atoms with Gasteiger partial charge in [-0.25, -0.2) is 4.39 Å². The number of aliphatic carboxylic acids is 1. The van der Waals surface area contributed by atoms with Crippen molar-refractivity contribution in [2.24, 2.45) is 0 Å². The molecule has 1 aliphatic rings. The van der Waals surface area contributed by atoms with Crippen molar-refractivity contribution in [2.45, 2.75) is 56.9 Å². The molecule has 0 aromatic heterocycles. The van der Waals surface area contributed by atoms with Gasteiger partial charge in [0.05, 0.1) is 12.0 Å². The van der Waals surface area contributed by atoms with Crippen molar-refractivity contribution < 1.29 is 19.1 Å². The summed E-state index contributed by atoms with van der Waals surface area (Å²) in [6, 6.07) is 6.22. The van der Waals surface area contributed by atoms with Gasteiger partial charge in [0.2, 0.25) is 5.91 Å². The zero-order chi connectivity index (χ0) is 16.2. The van der Waals surface area contributed by atoms with E-state index in [0.29, 0.717) is 12.8 Å². The SMILES string of the molecule is CC(CC(=O)NC1(CC(=O)O)CCCC1)c1cccc(F)c1. The van der Waals surface area contributed by atoms with Crippen molar-refractivity contribution in [3.05, 3.63) is 35.6 Å². The summed E-state index contributed by atoms with van der Waals surface area (Å²) in [5.41, 5.74) is 0.166. The van der Waals surface area contributed by atoms with E-state index in [9.17, 15) is 14.0 Å². The first kappa shape index (κ1) is 16.5. The van der Waals surface area contributed by atoms with E-state index in [0.717, 1.165) is 18.4 Å². The lowest BCUT2D eigenvalue weighted by molar-refractivity contribution is -0.139. The summed E-state index contributed by atoms with van der Waals surface area (Å²) in [5.74, 6) is -1.48. The fourth-order valence-corrected chi connectivity index (χ4v) is 3.24. The molecule has 0 heterocycles. The van der Waals surface area contributed by atoms with Crippen LogP contribution < -0.4 is 5.32 Å². The third-order valence-corrected chi connectivity index (χ3v) is 4.36. The van der Waals surface area contributed by atoms with E-state index in [1.54, 1.807) is 12.1 Å². The Morgan fingerprint density at radius 3 is 2.64 bits per heavy atom. The minimum absolute atomic E-state index is 0.0346. The molecule has 1 amide bonds. The first-order chi connectivity index (χ1) is 10.4. The van der Waals surface area contributed by atoms with Gasteiger partial charge in [-0.3, -0.25) is 9.59 Å². The average Bonchev–Trinajstić information content (AvgIpc) is 2.85. The maximum Gasteiger partial charge on any atom is 0.305 e. The van der Waals surface area contributed by atoms with Crippen molar-refractivity contribution in [3.63, 3.8) is 0 Å². The topological polar surface area (TPSA) is 66.4 Å². The zero-order valence-corrected chi connectivity index (χ0v) is 12.8. The second-order valence-corrected chi connectivity index (χ2v) is 6.27. The molecule has 2 rings (SSSR count). The molecule has 0 radical (unpaired) electrons. The molecule has 1 aliphatic carbocycles. The number of halogens is 1. The Balaban J connectivity index is 1.97. The molecule has 1 unspecified atom stereocenters. The number of carbonyl (C=O) groups excluding carboxylic acids is 1. The lowest BCUT2D eigenvalue weighted by atomic mass is 9.91. The molecule has 1 fully saturated rings. The molecule has 1 aromatic carbocycles. The van der Waals surface area contributed by atoms with E-state index in [1.807, 2.05) is 6.92 Å². The van der Waals surface area contributed by atoms with Gasteiger partial charge in [-0.2, -0.15) is 0 Å². The summed E-state index contributed by atoms with van der Waals surface area (Å²) in [7, 11) is 0. The van der Waals surface area contributed by atoms with Gasteiger partial charge < -0.3 is 10.4 Å². The first-order valence-electron chi connectivity index (χ1n) is 7.68. The van der Waals surface area contributed by atoms with E-state index in [1.165, 1.54) is 12.1 Å². The summed E-state index contributed by atoms with van der Waals surface area (Å²) >= 11 is 0. The molecule has 1 saturated carbocycles. The minimum Gasteiger partial charge on any atom is -0.481 e. The summed E-state index contributed by atoms with van der Waals surface area (Å²) in [6.07, 6.45) is 3.48. The smallest absolute Gasteiger partial charge is 0.305 e. The molecule has 22 heavy (non-hydrogen) atoms. The van der Waals surface area contributed by atoms with Crippen LogP contribution in [0.2, 0.25) is 0 Å². The third kappa shape index (κ3) is 4.29. The number of carboxylic acids is 1. The standard InChI is InChI=1S/C17H22FNO3/c1-12(13-5-4-6-14(18)10-13)9-15(20)19-17(11-16(21)22)7-2-3-8-17/h4-6,10,12H,2-3,7-9,11H2,1H3,(H,19,20)(H,21,22). The normalized spacial score (nSPS) is 17.9. The second kappa shape index (κ2) is 6.90. The van der Waals surface area contributed by atoms with Crippen LogP contribution in [0.5, 0.6) is 0 Å². The van der Waals surface area contributed by atoms with Gasteiger partial charge in [0.15, 0.2) is 0 Å². The maximum atomic E-state index is 13.2. The fraction of sp³-hybridized carbons (Fsp3) is 0.529. The van der Waals surface area contributed by atoms with Gasteiger partial charge in [-0.1, -0.05) is 31.9 Å². The highest BCUT2D eigenvalue weighted by molar-refractivity contribution is 5.79. The van der Waals surface area contributed by atoms with E-state index < -0.39 is 11.5 Å². The number of benzene rings is 1. The monoisotopic (exact) mass is 307 g/mol. The van der Waals surface area contributed by atoms with Crippen molar-refractivity contribution in [3.8, 4) is 0 Å². The number of rotatable bonds is 6. The Kier molecular flexibility index (Phi) is 5.16. The van der Waals surface area contributed by atoms with Crippen LogP contribution >= 0.6 is 0 Å². The van der Waals surface area contributed by atoms with E-state index in [2.05, 4.69) is 5.32 Å². The molecule has 5 heteroatoms. The molecule has 0 aliphatic heterocycles. The molecule has 0 bridgehead atoms. The minimum atomic E-state index is -0.889. The van der Waals surface area contributed by atoms with Crippen molar-refractivity contribution in [1.29, 1.82) is 0 Å². The average molecular weight is 307 g/mol. The molecular formula is C17H22FNO3. The lowest BCUT2D eigenvalue weighted by Gasteiger charge is -2.29. The van der Waals surface area contributed by atoms with Crippen LogP contribution in [-0.4, -0.2) is 22.5 Å². The van der Waals surface area contributed by atoms with Crippen molar-refractivity contribution in [2.75, 3.05) is 0 Å². The Morgan fingerprint density at radius 1 is 1.36 bits per heavy atom. The van der Waals surface area contributed by atoms with Gasteiger partial charge in [0.25, 0.3) is 0 Å². The highest BCUT2D eigenvalue weighted by atomic mass is 19.1. The Hall–Kier alpha value is -1.91. The number of nitrogens with one attached hydrogen (secondary N) is 1. The first-order valence-corrected chi connectivity index (χ1v) is 7.68. The van der Waals surface area contributed by atoms with Crippen LogP contribution in [0.4, 0.5) is 4.39 Å². The summed E-state index contributed by atoms with van der Waals surface area (Å²) in [6.45, 7) is 1.87. The van der Waals surface area contributed by atoms with Crippen LogP contribution in [-0.2, 0) is 9.59 Å². The highest BCUT2D eigenvalue weighted by Gasteiger charge is 2.37. The number of carboxylic acid groups (broad SMARTS) is 1. The van der Waals surface area contributed by atoms with Crippen LogP contribution in [0.15, 0.2) is 24.3 Å². The van der Waals surface area contributed by atoms with E-state index >= 15 is 0 Å². The molecule has 0 spiro atoms. The molecule has 1 atom stereocenters. The van der Waals surface area contributed by atoms with Crippen LogP contribution in [0.25, 0.3) is 0 Å². The highest BCUT2D eigenvalue weighted by Crippen LogP contribution is 2.33. The lowest BCUT2D eigenvalue weighted by Crippen LogP contribution is -2.48. The quantitative estimate of drug-likeness (QED) is 0.848. The van der Waals surface area contributed by atoms with Crippen LogP contribution in [0, 0.1) is 5.82 Å². The van der Waals surface area contributed by atoms with Gasteiger partial charge in [0.1, 0.15) is 5.82 Å². The number of amides is 1. The number of hydrogen-bond donors (Lipinski definition) is 2. The summed E-state index contributed by atoms with van der Waals surface area (Å²) in [5, 5.41) is 12.0. The molecule has 2 N–H and O–H groups in total. The van der Waals surface area contributed by atoms with Gasteiger partial charge in [-0.15, -0.1) is 0 Å². The number of hydrogen-bond acceptors (Lipinski definition) is 2. The molecule has 120 valence electrons. The molecule has 1 aromatic rings.